The zero-order valence-electron chi connectivity index (χ0n) is 16.5. The summed E-state index contributed by atoms with van der Waals surface area (Å²) in [5, 5.41) is 10.2. The number of nitrogens with one attached hydrogen (secondary N) is 2. The number of nitrogens with zero attached hydrogens (tertiary/aromatic N) is 3. The smallest absolute Gasteiger partial charge is 0.362 e. The van der Waals surface area contributed by atoms with E-state index in [4.69, 9.17) is 15.1 Å². The summed E-state index contributed by atoms with van der Waals surface area (Å²) < 4.78 is 31.3. The van der Waals surface area contributed by atoms with Crippen LogP contribution in [0.3, 0.4) is 0 Å². The molecule has 1 aliphatic heterocycles. The van der Waals surface area contributed by atoms with Crippen molar-refractivity contribution in [3.63, 3.8) is 0 Å². The molecule has 0 spiro atoms. The molecule has 1 aliphatic rings. The lowest BCUT2D eigenvalue weighted by atomic mass is 10.0. The summed E-state index contributed by atoms with van der Waals surface area (Å²) in [7, 11) is -3.47. The van der Waals surface area contributed by atoms with Crippen LogP contribution in [0, 0.1) is 0 Å². The summed E-state index contributed by atoms with van der Waals surface area (Å²) in [5.41, 5.74) is 5.89. The predicted molar refractivity (Wildman–Crippen MR) is 113 cm³/mol. The molecule has 3 rings (SSSR count). The molecule has 2 heterocycles. The lowest BCUT2D eigenvalue weighted by Crippen LogP contribution is -2.66. The average Bonchev–Trinajstić information content (AvgIpc) is 3.17. The van der Waals surface area contributed by atoms with Crippen LogP contribution >= 0.6 is 11.3 Å². The Labute approximate surface area is 186 Å². The summed E-state index contributed by atoms with van der Waals surface area (Å²) in [6.45, 7) is -0.437. The number of nitrogen functional groups attached to an aromatic ring is 1. The molecule has 13 nitrogen and oxygen atoms in total. The highest BCUT2D eigenvalue weighted by Crippen LogP contribution is 2.19. The quantitative estimate of drug-likeness (QED) is 0.159. The fraction of sp³-hybridized carbons (Fsp3) is 0.235. The Morgan fingerprint density at radius 3 is 2.59 bits per heavy atom. The van der Waals surface area contributed by atoms with E-state index in [0.29, 0.717) is 5.56 Å². The largest absolute Gasteiger partial charge is 0.398 e. The number of hydrogen-bond acceptors (Lipinski definition) is 10. The monoisotopic (exact) mass is 482 g/mol. The maximum absolute atomic E-state index is 12.9. The first-order valence-electron chi connectivity index (χ1n) is 8.89. The van der Waals surface area contributed by atoms with Crippen LogP contribution in [0.15, 0.2) is 40.9 Å². The van der Waals surface area contributed by atoms with Crippen LogP contribution in [-0.2, 0) is 29.5 Å². The maximum Gasteiger partial charge on any atom is 0.362 e. The molecule has 0 aliphatic carbocycles. The second-order valence-electron chi connectivity index (χ2n) is 6.42. The fourth-order valence-electron chi connectivity index (χ4n) is 2.80. The van der Waals surface area contributed by atoms with Crippen molar-refractivity contribution in [1.82, 2.24) is 19.9 Å². The van der Waals surface area contributed by atoms with E-state index in [-0.39, 0.29) is 20.8 Å². The lowest BCUT2D eigenvalue weighted by molar-refractivity contribution is -0.141. The number of anilines is 1. The van der Waals surface area contributed by atoms with Gasteiger partial charge in [-0.15, -0.1) is 11.3 Å². The van der Waals surface area contributed by atoms with Crippen molar-refractivity contribution >= 4 is 50.2 Å². The third-order valence-corrected chi connectivity index (χ3v) is 5.88. The molecular weight excluding hydrogens is 464 g/mol. The Bertz CT molecular complexity index is 1170. The molecule has 1 saturated heterocycles. The van der Waals surface area contributed by atoms with Gasteiger partial charge in [0.2, 0.25) is 5.91 Å². The molecule has 3 amide bonds. The van der Waals surface area contributed by atoms with E-state index < -0.39 is 46.7 Å². The first-order valence-corrected chi connectivity index (χ1v) is 11.2. The summed E-state index contributed by atoms with van der Waals surface area (Å²) in [5.74, 6) is -2.59. The molecule has 0 radical (unpaired) electrons. The molecule has 5 N–H and O–H groups in total. The van der Waals surface area contributed by atoms with Crippen LogP contribution in [0.2, 0.25) is 0 Å². The zero-order valence-corrected chi connectivity index (χ0v) is 18.1. The molecule has 1 unspecified atom stereocenters. The first kappa shape index (κ1) is 23.1. The van der Waals surface area contributed by atoms with Gasteiger partial charge in [0.1, 0.15) is 24.9 Å². The Morgan fingerprint density at radius 1 is 1.38 bits per heavy atom. The van der Waals surface area contributed by atoms with E-state index in [2.05, 4.69) is 20.8 Å². The highest BCUT2D eigenvalue weighted by molar-refractivity contribution is 7.84. The summed E-state index contributed by atoms with van der Waals surface area (Å²) >= 11 is 1.08. The highest BCUT2D eigenvalue weighted by Gasteiger charge is 2.45. The van der Waals surface area contributed by atoms with E-state index >= 15 is 0 Å². The SMILES string of the molecule is CON=C(C(=O)N[C@@H](C(=O)NC1CN(S(=O)(=O)O)C1=O)c1ccccc1)c1csc(N)n1. The zero-order chi connectivity index (χ0) is 23.5. The van der Waals surface area contributed by atoms with E-state index in [1.54, 1.807) is 30.3 Å². The molecule has 1 aromatic heterocycles. The minimum absolute atomic E-state index is 0.136. The second kappa shape index (κ2) is 9.29. The minimum Gasteiger partial charge on any atom is -0.398 e. The van der Waals surface area contributed by atoms with Gasteiger partial charge in [-0.2, -0.15) is 8.42 Å². The van der Waals surface area contributed by atoms with Gasteiger partial charge in [-0.25, -0.2) is 9.29 Å². The summed E-state index contributed by atoms with van der Waals surface area (Å²) in [6.07, 6.45) is 0. The van der Waals surface area contributed by atoms with Crippen molar-refractivity contribution in [1.29, 1.82) is 0 Å². The summed E-state index contributed by atoms with van der Waals surface area (Å²) in [6, 6.07) is 5.68. The number of thiazole rings is 1. The predicted octanol–water partition coefficient (Wildman–Crippen LogP) is -0.937. The van der Waals surface area contributed by atoms with Gasteiger partial charge < -0.3 is 21.2 Å². The van der Waals surface area contributed by atoms with Gasteiger partial charge in [0, 0.05) is 5.38 Å². The van der Waals surface area contributed by atoms with E-state index in [9.17, 15) is 22.8 Å². The third kappa shape index (κ3) is 5.01. The van der Waals surface area contributed by atoms with Crippen molar-refractivity contribution in [2.75, 3.05) is 19.4 Å². The normalized spacial score (nSPS) is 17.3. The first-order chi connectivity index (χ1) is 15.1. The van der Waals surface area contributed by atoms with E-state index in [1.165, 1.54) is 12.5 Å². The molecule has 170 valence electrons. The summed E-state index contributed by atoms with van der Waals surface area (Å²) in [4.78, 5) is 46.4. The van der Waals surface area contributed by atoms with Gasteiger partial charge in [0.25, 0.3) is 11.8 Å². The number of amides is 3. The van der Waals surface area contributed by atoms with Crippen LogP contribution in [-0.4, -0.2) is 65.4 Å². The number of nitrogens with two attached hydrogens (primary N) is 1. The molecule has 0 saturated carbocycles. The van der Waals surface area contributed by atoms with Gasteiger partial charge >= 0.3 is 10.3 Å². The van der Waals surface area contributed by atoms with Gasteiger partial charge in [-0.1, -0.05) is 35.5 Å². The van der Waals surface area contributed by atoms with Crippen molar-refractivity contribution in [2.24, 2.45) is 5.16 Å². The number of β-lactam (4-membered cyclic amide) rings is 1. The Kier molecular flexibility index (Phi) is 6.71. The van der Waals surface area contributed by atoms with Crippen LogP contribution < -0.4 is 16.4 Å². The number of hydrogen-bond donors (Lipinski definition) is 4. The van der Waals surface area contributed by atoms with Gasteiger partial charge in [0.05, 0.1) is 6.54 Å². The second-order valence-corrected chi connectivity index (χ2v) is 8.65. The van der Waals surface area contributed by atoms with Crippen LogP contribution in [0.1, 0.15) is 17.3 Å². The standard InChI is InChI=1S/C17H18N6O7S2/c1-30-22-13(11-8-31-17(18)20-11)15(25)21-12(9-5-3-2-4-6-9)14(24)19-10-7-23(16(10)26)32(27,28)29/h2-6,8,10,12H,7H2,1H3,(H2,18,20)(H,19,24)(H,21,25)(H,27,28,29)/t10?,12-/m1/s1. The average molecular weight is 483 g/mol. The van der Waals surface area contributed by atoms with Crippen LogP contribution in [0.5, 0.6) is 0 Å². The Balaban J connectivity index is 1.81. The van der Waals surface area contributed by atoms with Crippen LogP contribution in [0.25, 0.3) is 0 Å². The Morgan fingerprint density at radius 2 is 2.06 bits per heavy atom. The molecule has 1 aromatic carbocycles. The van der Waals surface area contributed by atoms with Gasteiger partial charge in [-0.3, -0.25) is 18.9 Å². The molecular formula is C17H18N6O7S2. The van der Waals surface area contributed by atoms with Crippen molar-refractivity contribution in [3.05, 3.63) is 47.0 Å². The van der Waals surface area contributed by atoms with E-state index in [0.717, 1.165) is 11.3 Å². The number of oxime groups is 1. The molecule has 2 aromatic rings. The maximum atomic E-state index is 12.9. The highest BCUT2D eigenvalue weighted by atomic mass is 32.2. The van der Waals surface area contributed by atoms with Crippen molar-refractivity contribution < 1.29 is 32.2 Å². The molecule has 32 heavy (non-hydrogen) atoms. The van der Waals surface area contributed by atoms with E-state index in [1.807, 2.05) is 0 Å². The van der Waals surface area contributed by atoms with Crippen LogP contribution in [0.4, 0.5) is 5.13 Å². The topological polar surface area (TPSA) is 193 Å². The van der Waals surface area contributed by atoms with Gasteiger partial charge in [-0.05, 0) is 5.56 Å². The number of rotatable bonds is 8. The minimum atomic E-state index is -4.70. The Hall–Kier alpha value is -3.56. The number of aromatic nitrogens is 1. The molecule has 0 bridgehead atoms. The number of carbonyl (C=O) groups is 3. The molecule has 2 atom stereocenters. The van der Waals surface area contributed by atoms with Crippen molar-refractivity contribution in [2.45, 2.75) is 12.1 Å². The van der Waals surface area contributed by atoms with Crippen molar-refractivity contribution in [3.8, 4) is 0 Å². The lowest BCUT2D eigenvalue weighted by Gasteiger charge is -2.36. The van der Waals surface area contributed by atoms with Gasteiger partial charge in [0.15, 0.2) is 10.8 Å². The third-order valence-electron chi connectivity index (χ3n) is 4.32. The number of benzene rings is 1. The fourth-order valence-corrected chi connectivity index (χ4v) is 4.04. The molecule has 15 heteroatoms. The number of carbonyl (C=O) groups excluding carboxylic acids is 3. The molecule has 1 fully saturated rings.